The number of hydrogen-bond acceptors (Lipinski definition) is 5. The van der Waals surface area contributed by atoms with E-state index in [9.17, 15) is 9.59 Å². The number of thiophene rings is 1. The van der Waals surface area contributed by atoms with Crippen molar-refractivity contribution in [2.45, 2.75) is 26.3 Å². The molecule has 1 amide bonds. The van der Waals surface area contributed by atoms with Gasteiger partial charge in [-0.3, -0.25) is 14.2 Å². The molecule has 170 valence electrons. The highest BCUT2D eigenvalue weighted by atomic mass is 35.5. The molecular weight excluding hydrogens is 458 g/mol. The zero-order valence-electron chi connectivity index (χ0n) is 18.6. The second-order valence-corrected chi connectivity index (χ2v) is 9.01. The molecule has 2 aromatic heterocycles. The van der Waals surface area contributed by atoms with Gasteiger partial charge in [0.2, 0.25) is 0 Å². The SMILES string of the molecule is CCCN(C(=O)c1cccs1)C(C)c1nc2cc(Cl)ccc2c(=O)n1-c1ccc(OC)cc1. The fraction of sp³-hybridized carbons (Fsp3) is 0.240. The van der Waals surface area contributed by atoms with Crippen LogP contribution in [0, 0.1) is 0 Å². The average Bonchev–Trinajstić information content (AvgIpc) is 3.36. The Morgan fingerprint density at radius 2 is 1.97 bits per heavy atom. The molecule has 1 atom stereocenters. The highest BCUT2D eigenvalue weighted by Crippen LogP contribution is 2.27. The van der Waals surface area contributed by atoms with Crippen LogP contribution >= 0.6 is 22.9 Å². The number of hydrogen-bond donors (Lipinski definition) is 0. The summed E-state index contributed by atoms with van der Waals surface area (Å²) >= 11 is 7.60. The minimum absolute atomic E-state index is 0.0823. The normalized spacial score (nSPS) is 12.0. The minimum atomic E-state index is -0.460. The van der Waals surface area contributed by atoms with Crippen molar-refractivity contribution in [2.24, 2.45) is 0 Å². The summed E-state index contributed by atoms with van der Waals surface area (Å²) in [6, 6.07) is 15.5. The fourth-order valence-electron chi connectivity index (χ4n) is 3.83. The molecule has 0 fully saturated rings. The minimum Gasteiger partial charge on any atom is -0.497 e. The molecule has 0 aliphatic carbocycles. The van der Waals surface area contributed by atoms with Crippen LogP contribution in [-0.2, 0) is 0 Å². The molecule has 2 heterocycles. The Hall–Kier alpha value is -3.16. The maximum atomic E-state index is 13.6. The third-order valence-corrected chi connectivity index (χ3v) is 6.58. The number of amides is 1. The second kappa shape index (κ2) is 9.77. The third kappa shape index (κ3) is 4.51. The molecule has 0 aliphatic heterocycles. The lowest BCUT2D eigenvalue weighted by atomic mass is 10.1. The van der Waals surface area contributed by atoms with Crippen LogP contribution in [-0.4, -0.2) is 34.0 Å². The first kappa shape index (κ1) is 23.0. The van der Waals surface area contributed by atoms with Gasteiger partial charge in [0, 0.05) is 11.6 Å². The summed E-state index contributed by atoms with van der Waals surface area (Å²) in [6.07, 6.45) is 0.771. The lowest BCUT2D eigenvalue weighted by Gasteiger charge is -2.30. The van der Waals surface area contributed by atoms with Crippen LogP contribution in [0.3, 0.4) is 0 Å². The lowest BCUT2D eigenvalue weighted by molar-refractivity contribution is 0.0686. The molecule has 6 nitrogen and oxygen atoms in total. The number of rotatable bonds is 7. The summed E-state index contributed by atoms with van der Waals surface area (Å²) in [7, 11) is 1.59. The second-order valence-electron chi connectivity index (χ2n) is 7.62. The van der Waals surface area contributed by atoms with Gasteiger partial charge in [-0.15, -0.1) is 11.3 Å². The molecule has 0 aliphatic rings. The standard InChI is InChI=1S/C25H24ClN3O3S/c1-4-13-28(25(31)22-6-5-14-33-22)16(2)23-27-21-15-17(26)7-12-20(21)24(30)29(23)18-8-10-19(32-3)11-9-18/h5-12,14-16H,4,13H2,1-3H3. The third-order valence-electron chi connectivity index (χ3n) is 5.49. The fourth-order valence-corrected chi connectivity index (χ4v) is 4.68. The van der Waals surface area contributed by atoms with Gasteiger partial charge in [0.1, 0.15) is 11.6 Å². The van der Waals surface area contributed by atoms with Crippen molar-refractivity contribution in [1.29, 1.82) is 0 Å². The van der Waals surface area contributed by atoms with Crippen molar-refractivity contribution < 1.29 is 9.53 Å². The van der Waals surface area contributed by atoms with Gasteiger partial charge in [0.25, 0.3) is 11.5 Å². The summed E-state index contributed by atoms with van der Waals surface area (Å²) in [6.45, 7) is 4.45. The smallest absolute Gasteiger partial charge is 0.266 e. The first-order valence-corrected chi connectivity index (χ1v) is 11.9. The number of fused-ring (bicyclic) bond motifs is 1. The summed E-state index contributed by atoms with van der Waals surface area (Å²) in [4.78, 5) is 34.2. The van der Waals surface area contributed by atoms with Crippen molar-refractivity contribution in [1.82, 2.24) is 14.5 Å². The van der Waals surface area contributed by atoms with Crippen LogP contribution < -0.4 is 10.3 Å². The summed E-state index contributed by atoms with van der Waals surface area (Å²) in [5.74, 6) is 1.07. The van der Waals surface area contributed by atoms with Crippen LogP contribution in [0.2, 0.25) is 5.02 Å². The Morgan fingerprint density at radius 1 is 1.21 bits per heavy atom. The lowest BCUT2D eigenvalue weighted by Crippen LogP contribution is -2.37. The Labute approximate surface area is 201 Å². The van der Waals surface area contributed by atoms with Gasteiger partial charge < -0.3 is 9.64 Å². The Balaban J connectivity index is 1.93. The first-order valence-electron chi connectivity index (χ1n) is 10.7. The Morgan fingerprint density at radius 3 is 2.61 bits per heavy atom. The predicted octanol–water partition coefficient (Wildman–Crippen LogP) is 5.72. The number of ether oxygens (including phenoxy) is 1. The van der Waals surface area contributed by atoms with Gasteiger partial charge in [0.15, 0.2) is 0 Å². The molecule has 0 bridgehead atoms. The van der Waals surface area contributed by atoms with E-state index >= 15 is 0 Å². The molecule has 33 heavy (non-hydrogen) atoms. The Kier molecular flexibility index (Phi) is 6.81. The topological polar surface area (TPSA) is 64.4 Å². The molecule has 2 aromatic carbocycles. The van der Waals surface area contributed by atoms with Gasteiger partial charge in [-0.05, 0) is 67.3 Å². The number of halogens is 1. The zero-order chi connectivity index (χ0) is 23.5. The summed E-state index contributed by atoms with van der Waals surface area (Å²) < 4.78 is 6.84. The van der Waals surface area contributed by atoms with E-state index in [1.165, 1.54) is 11.3 Å². The molecule has 4 aromatic rings. The van der Waals surface area contributed by atoms with Crippen molar-refractivity contribution in [3.05, 3.63) is 86.1 Å². The number of methoxy groups -OCH3 is 1. The molecule has 0 spiro atoms. The average molecular weight is 482 g/mol. The maximum Gasteiger partial charge on any atom is 0.266 e. The van der Waals surface area contributed by atoms with Crippen LogP contribution in [0.15, 0.2) is 64.8 Å². The molecule has 1 unspecified atom stereocenters. The van der Waals surface area contributed by atoms with Gasteiger partial charge in [-0.1, -0.05) is 24.6 Å². The summed E-state index contributed by atoms with van der Waals surface area (Å²) in [5, 5.41) is 2.83. The number of carbonyl (C=O) groups excluding carboxylic acids is 1. The Bertz CT molecular complexity index is 1330. The molecule has 0 N–H and O–H groups in total. The van der Waals surface area contributed by atoms with Crippen molar-refractivity contribution in [3.63, 3.8) is 0 Å². The van der Waals surface area contributed by atoms with E-state index in [4.69, 9.17) is 21.3 Å². The number of nitrogens with zero attached hydrogens (tertiary/aromatic N) is 3. The molecule has 8 heteroatoms. The van der Waals surface area contributed by atoms with Gasteiger partial charge in [-0.25, -0.2) is 4.98 Å². The molecule has 0 radical (unpaired) electrons. The number of benzene rings is 2. The highest BCUT2D eigenvalue weighted by Gasteiger charge is 2.27. The number of carbonyl (C=O) groups is 1. The van der Waals surface area contributed by atoms with Gasteiger partial charge in [0.05, 0.1) is 34.6 Å². The number of aromatic nitrogens is 2. The maximum absolute atomic E-state index is 13.6. The zero-order valence-corrected chi connectivity index (χ0v) is 20.2. The summed E-state index contributed by atoms with van der Waals surface area (Å²) in [5.41, 5.74) is 0.926. The van der Waals surface area contributed by atoms with Crippen LogP contribution in [0.25, 0.3) is 16.6 Å². The van der Waals surface area contributed by atoms with E-state index in [0.29, 0.717) is 44.6 Å². The van der Waals surface area contributed by atoms with E-state index in [1.807, 2.05) is 43.5 Å². The predicted molar refractivity (Wildman–Crippen MR) is 133 cm³/mol. The van der Waals surface area contributed by atoms with E-state index in [0.717, 1.165) is 6.42 Å². The monoisotopic (exact) mass is 481 g/mol. The van der Waals surface area contributed by atoms with Crippen LogP contribution in [0.5, 0.6) is 5.75 Å². The van der Waals surface area contributed by atoms with Crippen molar-refractivity contribution in [2.75, 3.05) is 13.7 Å². The molecule has 4 rings (SSSR count). The van der Waals surface area contributed by atoms with E-state index < -0.39 is 6.04 Å². The quantitative estimate of drug-likeness (QED) is 0.338. The highest BCUT2D eigenvalue weighted by molar-refractivity contribution is 7.12. The van der Waals surface area contributed by atoms with Crippen molar-refractivity contribution >= 4 is 39.7 Å². The van der Waals surface area contributed by atoms with Crippen LogP contribution in [0.4, 0.5) is 0 Å². The van der Waals surface area contributed by atoms with Crippen molar-refractivity contribution in [3.8, 4) is 11.4 Å². The largest absolute Gasteiger partial charge is 0.497 e. The van der Waals surface area contributed by atoms with Crippen LogP contribution in [0.1, 0.15) is 41.8 Å². The molecule has 0 saturated heterocycles. The molecule has 0 saturated carbocycles. The molecular formula is C25H24ClN3O3S. The first-order chi connectivity index (χ1) is 15.9. The van der Waals surface area contributed by atoms with E-state index in [1.54, 1.807) is 46.9 Å². The van der Waals surface area contributed by atoms with E-state index in [2.05, 4.69) is 0 Å². The van der Waals surface area contributed by atoms with Gasteiger partial charge in [-0.2, -0.15) is 0 Å². The van der Waals surface area contributed by atoms with E-state index in [-0.39, 0.29) is 11.5 Å². The van der Waals surface area contributed by atoms with Gasteiger partial charge >= 0.3 is 0 Å².